The Balaban J connectivity index is 2.34. The number of carbonyl (C=O) groups excluding carboxylic acids is 1. The maximum absolute atomic E-state index is 12.1. The molecule has 0 aliphatic carbocycles. The zero-order valence-corrected chi connectivity index (χ0v) is 15.4. The second-order valence-electron chi connectivity index (χ2n) is 5.29. The van der Waals surface area contributed by atoms with E-state index < -0.39 is 0 Å². The minimum absolute atomic E-state index is 0.240. The van der Waals surface area contributed by atoms with Crippen LogP contribution < -0.4 is 20.1 Å². The highest BCUT2D eigenvalue weighted by Crippen LogP contribution is 2.36. The highest BCUT2D eigenvalue weighted by molar-refractivity contribution is 6.32. The van der Waals surface area contributed by atoms with Crippen molar-refractivity contribution in [1.29, 1.82) is 0 Å². The summed E-state index contributed by atoms with van der Waals surface area (Å²) in [6.07, 6.45) is 0.850. The quantitative estimate of drug-likeness (QED) is 0.783. The van der Waals surface area contributed by atoms with E-state index >= 15 is 0 Å². The molecule has 0 fully saturated rings. The summed E-state index contributed by atoms with van der Waals surface area (Å²) in [5.41, 5.74) is 1.54. The first-order valence-corrected chi connectivity index (χ1v) is 8.18. The second-order valence-corrected chi connectivity index (χ2v) is 5.69. The van der Waals surface area contributed by atoms with Gasteiger partial charge in [-0.2, -0.15) is 0 Å². The van der Waals surface area contributed by atoms with Crippen LogP contribution in [0.5, 0.6) is 11.5 Å². The first-order chi connectivity index (χ1) is 12.0. The van der Waals surface area contributed by atoms with Gasteiger partial charge in [-0.15, -0.1) is 0 Å². The summed E-state index contributed by atoms with van der Waals surface area (Å²) in [6, 6.07) is 4.95. The number of methoxy groups -OCH3 is 2. The van der Waals surface area contributed by atoms with Crippen molar-refractivity contribution in [2.24, 2.45) is 0 Å². The lowest BCUT2D eigenvalue weighted by molar-refractivity contribution is 0.0948. The number of anilines is 2. The summed E-state index contributed by atoms with van der Waals surface area (Å²) >= 11 is 6.11. The van der Waals surface area contributed by atoms with Gasteiger partial charge in [-0.25, -0.2) is 9.97 Å². The Labute approximate surface area is 151 Å². The minimum Gasteiger partial charge on any atom is -0.495 e. The molecule has 1 amide bonds. The van der Waals surface area contributed by atoms with Crippen LogP contribution in [-0.2, 0) is 0 Å². The Bertz CT molecular complexity index is 768. The molecule has 1 aromatic heterocycles. The topological polar surface area (TPSA) is 85.4 Å². The summed E-state index contributed by atoms with van der Waals surface area (Å²) in [7, 11) is 3.06. The molecule has 2 aromatic rings. The summed E-state index contributed by atoms with van der Waals surface area (Å²) in [5, 5.41) is 6.27. The van der Waals surface area contributed by atoms with Gasteiger partial charge in [0.2, 0.25) is 5.95 Å². The number of nitrogens with zero attached hydrogens (tertiary/aromatic N) is 2. The van der Waals surface area contributed by atoms with Gasteiger partial charge in [0.15, 0.2) is 0 Å². The highest BCUT2D eigenvalue weighted by atomic mass is 35.5. The van der Waals surface area contributed by atoms with Gasteiger partial charge in [0.1, 0.15) is 17.2 Å². The van der Waals surface area contributed by atoms with Crippen molar-refractivity contribution in [3.05, 3.63) is 34.6 Å². The Morgan fingerprint density at radius 1 is 1.16 bits per heavy atom. The Morgan fingerprint density at radius 3 is 2.52 bits per heavy atom. The number of carbonyl (C=O) groups is 1. The molecule has 0 bridgehead atoms. The Hall–Kier alpha value is -2.54. The van der Waals surface area contributed by atoms with Gasteiger partial charge in [0.25, 0.3) is 5.91 Å². The van der Waals surface area contributed by atoms with Crippen LogP contribution in [-0.4, -0.2) is 36.6 Å². The van der Waals surface area contributed by atoms with E-state index in [9.17, 15) is 4.79 Å². The molecule has 0 aliphatic rings. The summed E-state index contributed by atoms with van der Waals surface area (Å²) < 4.78 is 10.5. The van der Waals surface area contributed by atoms with Crippen molar-refractivity contribution in [3.8, 4) is 11.5 Å². The lowest BCUT2D eigenvalue weighted by Gasteiger charge is -2.14. The number of ether oxygens (including phenoxy) is 2. The number of nitrogens with one attached hydrogen (secondary N) is 2. The van der Waals surface area contributed by atoms with Crippen LogP contribution in [0.2, 0.25) is 5.02 Å². The van der Waals surface area contributed by atoms with E-state index in [1.807, 2.05) is 6.92 Å². The smallest absolute Gasteiger partial charge is 0.270 e. The van der Waals surface area contributed by atoms with Crippen LogP contribution in [0.25, 0.3) is 0 Å². The van der Waals surface area contributed by atoms with Crippen LogP contribution in [0.3, 0.4) is 0 Å². The van der Waals surface area contributed by atoms with E-state index in [1.165, 1.54) is 14.2 Å². The highest BCUT2D eigenvalue weighted by Gasteiger charge is 2.14. The predicted molar refractivity (Wildman–Crippen MR) is 97.2 cm³/mol. The molecule has 0 radical (unpaired) electrons. The van der Waals surface area contributed by atoms with Gasteiger partial charge in [-0.05, 0) is 19.4 Å². The zero-order chi connectivity index (χ0) is 18.4. The molecule has 0 saturated carbocycles. The molecule has 1 heterocycles. The maximum atomic E-state index is 12.1. The zero-order valence-electron chi connectivity index (χ0n) is 14.6. The first-order valence-electron chi connectivity index (χ1n) is 7.80. The Kier molecular flexibility index (Phi) is 6.41. The molecule has 7 nitrogen and oxygen atoms in total. The van der Waals surface area contributed by atoms with Gasteiger partial charge >= 0.3 is 0 Å². The van der Waals surface area contributed by atoms with Crippen molar-refractivity contribution < 1.29 is 14.3 Å². The van der Waals surface area contributed by atoms with Gasteiger partial charge in [-0.3, -0.25) is 4.79 Å². The lowest BCUT2D eigenvalue weighted by Crippen LogP contribution is -2.25. The van der Waals surface area contributed by atoms with E-state index in [2.05, 4.69) is 20.6 Å². The molecule has 2 rings (SSSR count). The standard InChI is InChI=1S/C17H21ClN4O3/c1-5-6-19-16(23)13-7-10(2)20-17(22-13)21-12-9-14(24-3)11(18)8-15(12)25-4/h7-9H,5-6H2,1-4H3,(H,19,23)(H,20,21,22). The van der Waals surface area contributed by atoms with Crippen LogP contribution in [0.15, 0.2) is 18.2 Å². The number of hydrogen-bond acceptors (Lipinski definition) is 6. The number of aromatic nitrogens is 2. The third kappa shape index (κ3) is 4.73. The molecule has 2 N–H and O–H groups in total. The van der Waals surface area contributed by atoms with Crippen LogP contribution in [0, 0.1) is 6.92 Å². The van der Waals surface area contributed by atoms with Crippen molar-refractivity contribution in [2.45, 2.75) is 20.3 Å². The van der Waals surface area contributed by atoms with Gasteiger partial charge in [-0.1, -0.05) is 18.5 Å². The predicted octanol–water partition coefficient (Wildman–Crippen LogP) is 3.34. The summed E-state index contributed by atoms with van der Waals surface area (Å²) in [6.45, 7) is 4.37. The third-order valence-corrected chi connectivity index (χ3v) is 3.64. The molecule has 0 saturated heterocycles. The fourth-order valence-corrected chi connectivity index (χ4v) is 2.38. The van der Waals surface area contributed by atoms with E-state index in [0.29, 0.717) is 40.1 Å². The number of aryl methyl sites for hydroxylation is 1. The molecular weight excluding hydrogens is 344 g/mol. The molecule has 0 atom stereocenters. The number of rotatable bonds is 7. The summed E-state index contributed by atoms with van der Waals surface area (Å²) in [4.78, 5) is 20.7. The van der Waals surface area contributed by atoms with Crippen LogP contribution >= 0.6 is 11.6 Å². The van der Waals surface area contributed by atoms with Crippen LogP contribution in [0.4, 0.5) is 11.6 Å². The van der Waals surface area contributed by atoms with Gasteiger partial charge in [0, 0.05) is 24.4 Å². The number of benzene rings is 1. The normalized spacial score (nSPS) is 10.3. The van der Waals surface area contributed by atoms with Crippen molar-refractivity contribution in [3.63, 3.8) is 0 Å². The molecule has 0 unspecified atom stereocenters. The second kappa shape index (κ2) is 8.53. The first kappa shape index (κ1) is 18.8. The fraction of sp³-hybridized carbons (Fsp3) is 0.353. The minimum atomic E-state index is -0.240. The molecule has 25 heavy (non-hydrogen) atoms. The SMILES string of the molecule is CCCNC(=O)c1cc(C)nc(Nc2cc(OC)c(Cl)cc2OC)n1. The lowest BCUT2D eigenvalue weighted by atomic mass is 10.2. The van der Waals surface area contributed by atoms with E-state index in [-0.39, 0.29) is 11.9 Å². The molecule has 1 aromatic carbocycles. The third-order valence-electron chi connectivity index (χ3n) is 3.34. The van der Waals surface area contributed by atoms with Crippen LogP contribution in [0.1, 0.15) is 29.5 Å². The number of hydrogen-bond donors (Lipinski definition) is 2. The van der Waals surface area contributed by atoms with Gasteiger partial charge < -0.3 is 20.1 Å². The van der Waals surface area contributed by atoms with Crippen molar-refractivity contribution in [2.75, 3.05) is 26.1 Å². The van der Waals surface area contributed by atoms with Gasteiger partial charge in [0.05, 0.1) is 24.9 Å². The largest absolute Gasteiger partial charge is 0.495 e. The number of halogens is 1. The van der Waals surface area contributed by atoms with Crippen molar-refractivity contribution in [1.82, 2.24) is 15.3 Å². The molecule has 134 valence electrons. The Morgan fingerprint density at radius 2 is 1.88 bits per heavy atom. The van der Waals surface area contributed by atoms with Crippen molar-refractivity contribution >= 4 is 29.1 Å². The van der Waals surface area contributed by atoms with E-state index in [1.54, 1.807) is 25.1 Å². The molecule has 8 heteroatoms. The maximum Gasteiger partial charge on any atom is 0.270 e. The van der Waals surface area contributed by atoms with E-state index in [0.717, 1.165) is 6.42 Å². The van der Waals surface area contributed by atoms with E-state index in [4.69, 9.17) is 21.1 Å². The molecule has 0 spiro atoms. The monoisotopic (exact) mass is 364 g/mol. The summed E-state index contributed by atoms with van der Waals surface area (Å²) in [5.74, 6) is 1.03. The fourth-order valence-electron chi connectivity index (χ4n) is 2.15. The molecule has 0 aliphatic heterocycles. The average Bonchev–Trinajstić information content (AvgIpc) is 2.60. The molecular formula is C17H21ClN4O3. The number of amides is 1. The average molecular weight is 365 g/mol.